The first-order valence-corrected chi connectivity index (χ1v) is 7.51. The number of halogens is 3. The zero-order valence-electron chi connectivity index (χ0n) is 11.0. The average Bonchev–Trinajstić information content (AvgIpc) is 2.87. The Balaban J connectivity index is 1.70. The Morgan fingerprint density at radius 1 is 1.05 bits per heavy atom. The van der Waals surface area contributed by atoms with Crippen molar-refractivity contribution in [1.29, 1.82) is 0 Å². The second-order valence-corrected chi connectivity index (χ2v) is 5.99. The van der Waals surface area contributed by atoms with Gasteiger partial charge in [0, 0.05) is 22.2 Å². The lowest BCUT2D eigenvalue weighted by molar-refractivity contribution is 0.257. The van der Waals surface area contributed by atoms with Crippen LogP contribution >= 0.6 is 34.8 Å². The Bertz CT molecular complexity index is 700. The van der Waals surface area contributed by atoms with Crippen molar-refractivity contribution < 1.29 is 0 Å². The molecule has 3 nitrogen and oxygen atoms in total. The fourth-order valence-corrected chi connectivity index (χ4v) is 2.86. The van der Waals surface area contributed by atoms with Crippen molar-refractivity contribution in [2.24, 2.45) is 4.99 Å². The van der Waals surface area contributed by atoms with Gasteiger partial charge in [-0.2, -0.15) is 5.01 Å². The van der Waals surface area contributed by atoms with Crippen LogP contribution in [0.1, 0.15) is 11.1 Å². The lowest BCUT2D eigenvalue weighted by atomic mass is 10.2. The molecule has 21 heavy (non-hydrogen) atoms. The van der Waals surface area contributed by atoms with Crippen LogP contribution in [0.3, 0.4) is 0 Å². The number of hydrazine groups is 1. The van der Waals surface area contributed by atoms with Crippen molar-refractivity contribution in [3.05, 3.63) is 68.7 Å². The van der Waals surface area contributed by atoms with Crippen LogP contribution in [0, 0.1) is 0 Å². The summed E-state index contributed by atoms with van der Waals surface area (Å²) in [5.74, 6) is 0.749. The van der Waals surface area contributed by atoms with Crippen LogP contribution in [0.2, 0.25) is 15.1 Å². The zero-order chi connectivity index (χ0) is 14.8. The number of benzene rings is 2. The zero-order valence-corrected chi connectivity index (χ0v) is 13.3. The lowest BCUT2D eigenvalue weighted by Gasteiger charge is -2.16. The van der Waals surface area contributed by atoms with Gasteiger partial charge in [0.25, 0.3) is 0 Å². The molecule has 0 saturated carbocycles. The van der Waals surface area contributed by atoms with Crippen molar-refractivity contribution in [3.8, 4) is 0 Å². The molecule has 0 fully saturated rings. The van der Waals surface area contributed by atoms with E-state index in [0.29, 0.717) is 23.3 Å². The molecule has 0 atom stereocenters. The molecule has 1 N–H and O–H groups in total. The maximum absolute atomic E-state index is 6.20. The molecule has 0 amide bonds. The maximum atomic E-state index is 6.20. The first kappa shape index (κ1) is 14.7. The predicted octanol–water partition coefficient (Wildman–Crippen LogP) is 4.37. The van der Waals surface area contributed by atoms with Crippen LogP contribution in [-0.4, -0.2) is 17.5 Å². The van der Waals surface area contributed by atoms with Gasteiger partial charge in [-0.1, -0.05) is 46.9 Å². The first-order valence-electron chi connectivity index (χ1n) is 6.38. The smallest absolute Gasteiger partial charge is 0.145 e. The van der Waals surface area contributed by atoms with E-state index in [-0.39, 0.29) is 0 Å². The molecule has 0 bridgehead atoms. The number of hydrogen-bond donors (Lipinski definition) is 1. The van der Waals surface area contributed by atoms with Crippen LogP contribution in [0.15, 0.2) is 47.5 Å². The predicted molar refractivity (Wildman–Crippen MR) is 88.0 cm³/mol. The third kappa shape index (κ3) is 3.50. The van der Waals surface area contributed by atoms with Gasteiger partial charge >= 0.3 is 0 Å². The molecule has 108 valence electrons. The summed E-state index contributed by atoms with van der Waals surface area (Å²) in [7, 11) is 0. The maximum Gasteiger partial charge on any atom is 0.145 e. The normalized spacial score (nSPS) is 14.9. The number of rotatable bonds is 3. The second kappa shape index (κ2) is 6.24. The number of aliphatic imine (C=N–C) groups is 1. The molecule has 0 spiro atoms. The Morgan fingerprint density at radius 3 is 2.62 bits per heavy atom. The number of nitrogens with one attached hydrogen (secondary N) is 1. The van der Waals surface area contributed by atoms with Gasteiger partial charge in [-0.3, -0.25) is 0 Å². The van der Waals surface area contributed by atoms with E-state index in [4.69, 9.17) is 34.8 Å². The molecular formula is C15H12Cl3N3. The average molecular weight is 341 g/mol. The third-order valence-corrected chi connectivity index (χ3v) is 3.90. The number of amidine groups is 1. The van der Waals surface area contributed by atoms with Gasteiger partial charge in [0.1, 0.15) is 12.5 Å². The number of nitrogens with zero attached hydrogens (tertiary/aromatic N) is 2. The highest BCUT2D eigenvalue weighted by molar-refractivity contribution is 6.37. The van der Waals surface area contributed by atoms with E-state index in [2.05, 4.69) is 10.4 Å². The molecule has 2 aromatic rings. The molecule has 1 aliphatic rings. The Kier molecular flexibility index (Phi) is 4.36. The van der Waals surface area contributed by atoms with Gasteiger partial charge in [0.2, 0.25) is 0 Å². The summed E-state index contributed by atoms with van der Waals surface area (Å²) in [6, 6.07) is 13.1. The van der Waals surface area contributed by atoms with Gasteiger partial charge < -0.3 is 5.43 Å². The van der Waals surface area contributed by atoms with E-state index in [1.165, 1.54) is 0 Å². The lowest BCUT2D eigenvalue weighted by Crippen LogP contribution is -2.35. The van der Waals surface area contributed by atoms with E-state index in [1.54, 1.807) is 12.1 Å². The number of hydrogen-bond acceptors (Lipinski definition) is 3. The molecule has 0 saturated heterocycles. The fraction of sp³-hybridized carbons (Fsp3) is 0.133. The van der Waals surface area contributed by atoms with Gasteiger partial charge in [-0.05, 0) is 35.9 Å². The molecule has 2 aromatic carbocycles. The Hall–Kier alpha value is -1.26. The summed E-state index contributed by atoms with van der Waals surface area (Å²) in [5.41, 5.74) is 5.21. The van der Waals surface area contributed by atoms with Gasteiger partial charge in [0.05, 0.1) is 5.02 Å². The summed E-state index contributed by atoms with van der Waals surface area (Å²) in [5, 5.41) is 3.91. The fourth-order valence-electron chi connectivity index (χ4n) is 2.15. The summed E-state index contributed by atoms with van der Waals surface area (Å²) in [6.07, 6.45) is 0. The Labute approximate surface area is 138 Å². The van der Waals surface area contributed by atoms with Gasteiger partial charge in [-0.15, -0.1) is 0 Å². The summed E-state index contributed by atoms with van der Waals surface area (Å²) < 4.78 is 0. The molecule has 0 radical (unpaired) electrons. The molecular weight excluding hydrogens is 329 g/mol. The van der Waals surface area contributed by atoms with Crippen LogP contribution in [0.5, 0.6) is 0 Å². The van der Waals surface area contributed by atoms with Crippen molar-refractivity contribution in [2.75, 3.05) is 6.67 Å². The van der Waals surface area contributed by atoms with E-state index >= 15 is 0 Å². The highest BCUT2D eigenvalue weighted by Crippen LogP contribution is 2.22. The standard InChI is InChI=1S/C15H12Cl3N3/c16-11-3-1-2-10(6-11)8-21-9-19-15(20-21)13-5-4-12(17)7-14(13)18/h1-7H,8-9H2,(H,19,20). The highest BCUT2D eigenvalue weighted by atomic mass is 35.5. The first-order chi connectivity index (χ1) is 10.1. The molecule has 0 aromatic heterocycles. The van der Waals surface area contributed by atoms with Crippen LogP contribution in [0.25, 0.3) is 0 Å². The van der Waals surface area contributed by atoms with E-state index in [1.807, 2.05) is 35.3 Å². The summed E-state index contributed by atoms with van der Waals surface area (Å²) in [6.45, 7) is 1.26. The molecule has 1 aliphatic heterocycles. The molecule has 6 heteroatoms. The largest absolute Gasteiger partial charge is 0.301 e. The molecule has 1 heterocycles. The summed E-state index contributed by atoms with van der Waals surface area (Å²) in [4.78, 5) is 4.47. The molecule has 3 rings (SSSR count). The quantitative estimate of drug-likeness (QED) is 0.898. The van der Waals surface area contributed by atoms with Crippen LogP contribution in [0.4, 0.5) is 0 Å². The van der Waals surface area contributed by atoms with Crippen molar-refractivity contribution in [2.45, 2.75) is 6.54 Å². The minimum absolute atomic E-state index is 0.556. The van der Waals surface area contributed by atoms with Gasteiger partial charge in [0.15, 0.2) is 0 Å². The van der Waals surface area contributed by atoms with Crippen molar-refractivity contribution >= 4 is 40.6 Å². The third-order valence-electron chi connectivity index (χ3n) is 3.11. The van der Waals surface area contributed by atoms with Crippen molar-refractivity contribution in [3.63, 3.8) is 0 Å². The highest BCUT2D eigenvalue weighted by Gasteiger charge is 2.18. The molecule has 0 aliphatic carbocycles. The SMILES string of the molecule is Clc1cccc(CN2CN=C(c3ccc(Cl)cc3Cl)N2)c1. The van der Waals surface area contributed by atoms with Crippen LogP contribution < -0.4 is 5.43 Å². The van der Waals surface area contributed by atoms with E-state index in [9.17, 15) is 0 Å². The Morgan fingerprint density at radius 2 is 1.86 bits per heavy atom. The topological polar surface area (TPSA) is 27.6 Å². The van der Waals surface area contributed by atoms with Crippen LogP contribution in [-0.2, 0) is 6.54 Å². The molecule has 0 unspecified atom stereocenters. The monoisotopic (exact) mass is 339 g/mol. The van der Waals surface area contributed by atoms with Crippen molar-refractivity contribution in [1.82, 2.24) is 10.4 Å². The minimum Gasteiger partial charge on any atom is -0.301 e. The van der Waals surface area contributed by atoms with E-state index in [0.717, 1.165) is 22.0 Å². The summed E-state index contributed by atoms with van der Waals surface area (Å²) >= 11 is 18.1. The van der Waals surface area contributed by atoms with Gasteiger partial charge in [-0.25, -0.2) is 4.99 Å². The van der Waals surface area contributed by atoms with E-state index < -0.39 is 0 Å². The second-order valence-electron chi connectivity index (χ2n) is 4.71. The minimum atomic E-state index is 0.556.